The van der Waals surface area contributed by atoms with Crippen molar-refractivity contribution < 1.29 is 14.5 Å². The molecule has 0 aliphatic heterocycles. The zero-order valence-electron chi connectivity index (χ0n) is 5.36. The van der Waals surface area contributed by atoms with Crippen LogP contribution in [0.15, 0.2) is 30.6 Å². The van der Waals surface area contributed by atoms with Gasteiger partial charge in [-0.2, -0.15) is 4.57 Å². The molecule has 0 unspecified atom stereocenters. The number of hydrogen-bond donors (Lipinski definition) is 0. The van der Waals surface area contributed by atoms with Gasteiger partial charge >= 0.3 is 0 Å². The van der Waals surface area contributed by atoms with Gasteiger partial charge in [-0.05, 0) is 0 Å². The zero-order chi connectivity index (χ0) is 7.40. The second-order valence-corrected chi connectivity index (χ2v) is 1.92. The Bertz CT molecular complexity index is 220. The molecule has 0 amide bonds. The lowest BCUT2D eigenvalue weighted by molar-refractivity contribution is -0.690. The van der Waals surface area contributed by atoms with Crippen LogP contribution in [0.1, 0.15) is 0 Å². The van der Waals surface area contributed by atoms with Gasteiger partial charge in [0.05, 0.1) is 0 Å². The number of carboxylic acid groups (broad SMARTS) is 1. The first-order valence-electron chi connectivity index (χ1n) is 2.93. The fraction of sp³-hybridized carbons (Fsp3) is 0.143. The van der Waals surface area contributed by atoms with Crippen LogP contribution in [0.3, 0.4) is 0 Å². The van der Waals surface area contributed by atoms with E-state index in [9.17, 15) is 9.90 Å². The van der Waals surface area contributed by atoms with Crippen LogP contribution in [0.2, 0.25) is 0 Å². The van der Waals surface area contributed by atoms with Gasteiger partial charge in [-0.25, -0.2) is 0 Å². The largest absolute Gasteiger partial charge is 0.544 e. The van der Waals surface area contributed by atoms with Gasteiger partial charge in [0.25, 0.3) is 0 Å². The number of hydrogen-bond acceptors (Lipinski definition) is 2. The standard InChI is InChI=1S/C7H7NO2/c9-7(10)6-8-4-2-1-3-5-8/h1-5H,6H2. The Morgan fingerprint density at radius 3 is 2.40 bits per heavy atom. The summed E-state index contributed by atoms with van der Waals surface area (Å²) in [4.78, 5) is 10.0. The highest BCUT2D eigenvalue weighted by molar-refractivity contribution is 5.62. The second kappa shape index (κ2) is 2.96. The van der Waals surface area contributed by atoms with Gasteiger partial charge in [0.15, 0.2) is 18.9 Å². The molecular weight excluding hydrogens is 130 g/mol. The van der Waals surface area contributed by atoms with Gasteiger partial charge in [-0.15, -0.1) is 0 Å². The van der Waals surface area contributed by atoms with Crippen LogP contribution < -0.4 is 9.67 Å². The highest BCUT2D eigenvalue weighted by Gasteiger charge is 1.94. The fourth-order valence-electron chi connectivity index (χ4n) is 0.689. The Morgan fingerprint density at radius 2 is 1.90 bits per heavy atom. The average molecular weight is 137 g/mol. The van der Waals surface area contributed by atoms with Crippen molar-refractivity contribution in [2.24, 2.45) is 0 Å². The average Bonchev–Trinajstić information content (AvgIpc) is 1.88. The Hall–Kier alpha value is -1.38. The normalized spacial score (nSPS) is 9.20. The molecule has 0 N–H and O–H groups in total. The lowest BCUT2D eigenvalue weighted by Gasteiger charge is -1.94. The van der Waals surface area contributed by atoms with Gasteiger partial charge in [0, 0.05) is 12.1 Å². The van der Waals surface area contributed by atoms with Crippen molar-refractivity contribution in [2.75, 3.05) is 0 Å². The van der Waals surface area contributed by atoms with E-state index in [1.54, 1.807) is 24.5 Å². The van der Waals surface area contributed by atoms with Crippen molar-refractivity contribution >= 4 is 5.97 Å². The molecule has 0 fully saturated rings. The summed E-state index contributed by atoms with van der Waals surface area (Å²) < 4.78 is 1.54. The molecule has 1 aromatic rings. The highest BCUT2D eigenvalue weighted by Crippen LogP contribution is 1.75. The van der Waals surface area contributed by atoms with Crippen molar-refractivity contribution in [3.05, 3.63) is 30.6 Å². The van der Waals surface area contributed by atoms with Crippen LogP contribution in [0.25, 0.3) is 0 Å². The Kier molecular flexibility index (Phi) is 1.99. The van der Waals surface area contributed by atoms with E-state index in [1.165, 1.54) is 4.57 Å². The van der Waals surface area contributed by atoms with Gasteiger partial charge in [-0.3, -0.25) is 0 Å². The molecule has 0 aromatic carbocycles. The van der Waals surface area contributed by atoms with E-state index in [0.717, 1.165) is 0 Å². The molecule has 1 aromatic heterocycles. The predicted octanol–water partition coefficient (Wildman–Crippen LogP) is -1.28. The molecule has 3 heteroatoms. The third-order valence-electron chi connectivity index (χ3n) is 1.09. The molecule has 0 saturated heterocycles. The topological polar surface area (TPSA) is 44.0 Å². The third kappa shape index (κ3) is 1.85. The molecule has 0 spiro atoms. The van der Waals surface area contributed by atoms with E-state index >= 15 is 0 Å². The SMILES string of the molecule is O=C([O-])C[n+]1ccccc1. The summed E-state index contributed by atoms with van der Waals surface area (Å²) in [6.45, 7) is -0.0825. The predicted molar refractivity (Wildman–Crippen MR) is 31.6 cm³/mol. The molecule has 1 rings (SSSR count). The van der Waals surface area contributed by atoms with Crippen LogP contribution in [0.4, 0.5) is 0 Å². The van der Waals surface area contributed by atoms with Crippen LogP contribution >= 0.6 is 0 Å². The number of carbonyl (C=O) groups excluding carboxylic acids is 1. The molecule has 0 aliphatic rings. The van der Waals surface area contributed by atoms with Crippen molar-refractivity contribution in [3.63, 3.8) is 0 Å². The number of carboxylic acids is 1. The minimum atomic E-state index is -1.07. The van der Waals surface area contributed by atoms with Crippen LogP contribution in [0.5, 0.6) is 0 Å². The molecular formula is C7H7NO2. The lowest BCUT2D eigenvalue weighted by atomic mass is 10.5. The maximum atomic E-state index is 10.0. The summed E-state index contributed by atoms with van der Waals surface area (Å²) in [6, 6.07) is 5.36. The monoisotopic (exact) mass is 137 g/mol. The van der Waals surface area contributed by atoms with E-state index < -0.39 is 5.97 Å². The quantitative estimate of drug-likeness (QED) is 0.477. The Balaban J connectivity index is 2.67. The lowest BCUT2D eigenvalue weighted by Crippen LogP contribution is -2.43. The molecule has 1 heterocycles. The molecule has 10 heavy (non-hydrogen) atoms. The maximum Gasteiger partial charge on any atom is 0.187 e. The molecule has 0 aliphatic carbocycles. The van der Waals surface area contributed by atoms with Crippen molar-refractivity contribution in [1.29, 1.82) is 0 Å². The summed E-state index contributed by atoms with van der Waals surface area (Å²) in [5.41, 5.74) is 0. The first-order chi connectivity index (χ1) is 4.79. The van der Waals surface area contributed by atoms with E-state index in [-0.39, 0.29) is 6.54 Å². The van der Waals surface area contributed by atoms with E-state index in [1.807, 2.05) is 6.07 Å². The summed E-state index contributed by atoms with van der Waals surface area (Å²) in [7, 11) is 0. The highest BCUT2D eigenvalue weighted by atomic mass is 16.4. The van der Waals surface area contributed by atoms with Crippen molar-refractivity contribution in [1.82, 2.24) is 0 Å². The van der Waals surface area contributed by atoms with Gasteiger partial charge in [0.2, 0.25) is 0 Å². The Labute approximate surface area is 58.5 Å². The number of rotatable bonds is 2. The number of aromatic nitrogens is 1. The zero-order valence-corrected chi connectivity index (χ0v) is 5.36. The fourth-order valence-corrected chi connectivity index (χ4v) is 0.689. The molecule has 0 radical (unpaired) electrons. The first-order valence-corrected chi connectivity index (χ1v) is 2.93. The van der Waals surface area contributed by atoms with Gasteiger partial charge in [-0.1, -0.05) is 6.07 Å². The molecule has 3 nitrogen and oxygen atoms in total. The molecule has 0 bridgehead atoms. The maximum absolute atomic E-state index is 10.0. The molecule has 52 valence electrons. The second-order valence-electron chi connectivity index (χ2n) is 1.92. The number of pyridine rings is 1. The van der Waals surface area contributed by atoms with Gasteiger partial charge < -0.3 is 9.90 Å². The van der Waals surface area contributed by atoms with Crippen molar-refractivity contribution in [2.45, 2.75) is 6.54 Å². The molecule has 0 atom stereocenters. The summed E-state index contributed by atoms with van der Waals surface area (Å²) in [5.74, 6) is -1.07. The van der Waals surface area contributed by atoms with E-state index in [2.05, 4.69) is 0 Å². The summed E-state index contributed by atoms with van der Waals surface area (Å²) >= 11 is 0. The summed E-state index contributed by atoms with van der Waals surface area (Å²) in [5, 5.41) is 10.0. The van der Waals surface area contributed by atoms with Crippen molar-refractivity contribution in [3.8, 4) is 0 Å². The number of aliphatic carboxylic acids is 1. The smallest absolute Gasteiger partial charge is 0.187 e. The Morgan fingerprint density at radius 1 is 1.30 bits per heavy atom. The molecule has 0 saturated carbocycles. The van der Waals surface area contributed by atoms with Crippen LogP contribution in [-0.2, 0) is 11.3 Å². The van der Waals surface area contributed by atoms with Crippen LogP contribution in [-0.4, -0.2) is 5.97 Å². The number of carbonyl (C=O) groups is 1. The summed E-state index contributed by atoms with van der Waals surface area (Å²) in [6.07, 6.45) is 3.35. The minimum Gasteiger partial charge on any atom is -0.544 e. The third-order valence-corrected chi connectivity index (χ3v) is 1.09. The van der Waals surface area contributed by atoms with E-state index in [4.69, 9.17) is 0 Å². The minimum absolute atomic E-state index is 0.0825. The first kappa shape index (κ1) is 6.74. The number of nitrogens with zero attached hydrogens (tertiary/aromatic N) is 1. The van der Waals surface area contributed by atoms with Gasteiger partial charge in [0.1, 0.15) is 5.97 Å². The van der Waals surface area contributed by atoms with E-state index in [0.29, 0.717) is 0 Å². The van der Waals surface area contributed by atoms with Crippen LogP contribution in [0, 0.1) is 0 Å².